The van der Waals surface area contributed by atoms with E-state index in [0.717, 1.165) is 43.1 Å². The van der Waals surface area contributed by atoms with Crippen molar-refractivity contribution < 1.29 is 4.79 Å². The van der Waals surface area contributed by atoms with Crippen LogP contribution in [0.4, 0.5) is 5.13 Å². The minimum Gasteiger partial charge on any atom is -0.309 e. The van der Waals surface area contributed by atoms with Crippen LogP contribution in [0, 0.1) is 5.41 Å². The molecule has 1 heterocycles. The Morgan fingerprint density at radius 1 is 1.45 bits per heavy atom. The van der Waals surface area contributed by atoms with E-state index in [4.69, 9.17) is 0 Å². The van der Waals surface area contributed by atoms with Crippen molar-refractivity contribution in [3.63, 3.8) is 0 Å². The Morgan fingerprint density at radius 2 is 2.15 bits per heavy atom. The van der Waals surface area contributed by atoms with Gasteiger partial charge in [-0.25, -0.2) is 4.98 Å². The molecule has 112 valence electrons. The first-order chi connectivity index (χ1) is 9.55. The predicted octanol–water partition coefficient (Wildman–Crippen LogP) is 3.72. The lowest BCUT2D eigenvalue weighted by Crippen LogP contribution is -2.35. The van der Waals surface area contributed by atoms with Crippen molar-refractivity contribution >= 4 is 22.4 Å². The van der Waals surface area contributed by atoms with Gasteiger partial charge in [0, 0.05) is 16.8 Å². The lowest BCUT2D eigenvalue weighted by Gasteiger charge is -2.31. The standard InChI is InChI=1S/C15H25N3OS/c1-4-16-11(2)12-10-20-14(17-12)18-13(19)15(3)8-6-5-7-9-15/h10-11,16H,4-9H2,1-3H3,(H,17,18,19). The Bertz CT molecular complexity index is 452. The summed E-state index contributed by atoms with van der Waals surface area (Å²) in [4.78, 5) is 17.0. The number of aromatic nitrogens is 1. The van der Waals surface area contributed by atoms with Crippen LogP contribution < -0.4 is 10.6 Å². The van der Waals surface area contributed by atoms with Gasteiger partial charge in [0.15, 0.2) is 5.13 Å². The Labute approximate surface area is 125 Å². The molecule has 1 aliphatic carbocycles. The first-order valence-electron chi connectivity index (χ1n) is 7.55. The first-order valence-corrected chi connectivity index (χ1v) is 8.43. The number of nitrogens with zero attached hydrogens (tertiary/aromatic N) is 1. The number of amides is 1. The maximum atomic E-state index is 12.4. The summed E-state index contributed by atoms with van der Waals surface area (Å²) < 4.78 is 0. The molecule has 0 radical (unpaired) electrons. The van der Waals surface area contributed by atoms with Gasteiger partial charge in [-0.05, 0) is 26.3 Å². The highest BCUT2D eigenvalue weighted by molar-refractivity contribution is 7.13. The molecule has 20 heavy (non-hydrogen) atoms. The summed E-state index contributed by atoms with van der Waals surface area (Å²) in [6.07, 6.45) is 5.55. The van der Waals surface area contributed by atoms with E-state index in [9.17, 15) is 4.79 Å². The Balaban J connectivity index is 1.97. The van der Waals surface area contributed by atoms with Gasteiger partial charge < -0.3 is 10.6 Å². The molecule has 5 heteroatoms. The predicted molar refractivity (Wildman–Crippen MR) is 84.0 cm³/mol. The number of anilines is 1. The average molecular weight is 295 g/mol. The highest BCUT2D eigenvalue weighted by Gasteiger charge is 2.34. The maximum Gasteiger partial charge on any atom is 0.232 e. The van der Waals surface area contributed by atoms with Crippen LogP contribution in [0.3, 0.4) is 0 Å². The minimum absolute atomic E-state index is 0.134. The summed E-state index contributed by atoms with van der Waals surface area (Å²) in [6, 6.07) is 0.229. The molecule has 1 atom stereocenters. The summed E-state index contributed by atoms with van der Waals surface area (Å²) in [5.74, 6) is 0.134. The molecule has 1 aromatic heterocycles. The van der Waals surface area contributed by atoms with Crippen LogP contribution in [0.1, 0.15) is 64.6 Å². The monoisotopic (exact) mass is 295 g/mol. The highest BCUT2D eigenvalue weighted by Crippen LogP contribution is 2.37. The largest absolute Gasteiger partial charge is 0.309 e. The number of rotatable bonds is 5. The zero-order chi connectivity index (χ0) is 14.6. The number of hydrogen-bond donors (Lipinski definition) is 2. The fourth-order valence-corrected chi connectivity index (χ4v) is 3.56. The van der Waals surface area contributed by atoms with Crippen LogP contribution in [-0.2, 0) is 4.79 Å². The normalized spacial score (nSPS) is 19.6. The van der Waals surface area contributed by atoms with Gasteiger partial charge in [0.1, 0.15) is 0 Å². The van der Waals surface area contributed by atoms with Crippen molar-refractivity contribution in [1.29, 1.82) is 0 Å². The Hall–Kier alpha value is -0.940. The number of carbonyl (C=O) groups excluding carboxylic acids is 1. The molecule has 0 aromatic carbocycles. The Kier molecular flexibility index (Phi) is 5.16. The lowest BCUT2D eigenvalue weighted by molar-refractivity contribution is -0.126. The van der Waals surface area contributed by atoms with E-state index in [1.165, 1.54) is 17.8 Å². The van der Waals surface area contributed by atoms with Gasteiger partial charge >= 0.3 is 0 Å². The van der Waals surface area contributed by atoms with Gasteiger partial charge in [-0.1, -0.05) is 33.1 Å². The molecule has 1 unspecified atom stereocenters. The fourth-order valence-electron chi connectivity index (χ4n) is 2.76. The second-order valence-corrected chi connectivity index (χ2v) is 6.79. The van der Waals surface area contributed by atoms with Crippen molar-refractivity contribution in [2.75, 3.05) is 11.9 Å². The third-order valence-corrected chi connectivity index (χ3v) is 4.98. The third-order valence-electron chi connectivity index (χ3n) is 4.20. The van der Waals surface area contributed by atoms with Crippen molar-refractivity contribution in [2.45, 2.75) is 58.9 Å². The van der Waals surface area contributed by atoms with Gasteiger partial charge in [0.05, 0.1) is 5.69 Å². The SMILES string of the molecule is CCNC(C)c1csc(NC(=O)C2(C)CCCCC2)n1. The second kappa shape index (κ2) is 6.68. The molecule has 0 saturated heterocycles. The molecule has 1 aromatic rings. The van der Waals surface area contributed by atoms with Crippen LogP contribution >= 0.6 is 11.3 Å². The molecule has 1 saturated carbocycles. The van der Waals surface area contributed by atoms with Gasteiger partial charge in [0.2, 0.25) is 5.91 Å². The molecule has 1 amide bonds. The van der Waals surface area contributed by atoms with E-state index in [-0.39, 0.29) is 17.4 Å². The Morgan fingerprint density at radius 3 is 2.80 bits per heavy atom. The van der Waals surface area contributed by atoms with Crippen molar-refractivity contribution in [2.24, 2.45) is 5.41 Å². The number of nitrogens with one attached hydrogen (secondary N) is 2. The van der Waals surface area contributed by atoms with Gasteiger partial charge in [-0.3, -0.25) is 4.79 Å². The summed E-state index contributed by atoms with van der Waals surface area (Å²) >= 11 is 1.51. The first kappa shape index (κ1) is 15.4. The zero-order valence-electron chi connectivity index (χ0n) is 12.7. The molecular formula is C15H25N3OS. The van der Waals surface area contributed by atoms with Crippen molar-refractivity contribution in [1.82, 2.24) is 10.3 Å². The lowest BCUT2D eigenvalue weighted by atomic mass is 9.75. The van der Waals surface area contributed by atoms with Crippen LogP contribution in [0.2, 0.25) is 0 Å². The topological polar surface area (TPSA) is 54.0 Å². The van der Waals surface area contributed by atoms with E-state index in [1.807, 2.05) is 5.38 Å². The summed E-state index contributed by atoms with van der Waals surface area (Å²) in [7, 11) is 0. The maximum absolute atomic E-state index is 12.4. The minimum atomic E-state index is -0.211. The van der Waals surface area contributed by atoms with Gasteiger partial charge in [0.25, 0.3) is 0 Å². The third kappa shape index (κ3) is 3.58. The second-order valence-electron chi connectivity index (χ2n) is 5.93. The molecular weight excluding hydrogens is 270 g/mol. The van der Waals surface area contributed by atoms with Crippen molar-refractivity contribution in [3.8, 4) is 0 Å². The molecule has 1 fully saturated rings. The molecule has 0 spiro atoms. The van der Waals surface area contributed by atoms with E-state index < -0.39 is 0 Å². The van der Waals surface area contributed by atoms with Crippen LogP contribution in [0.15, 0.2) is 5.38 Å². The van der Waals surface area contributed by atoms with Crippen LogP contribution in [-0.4, -0.2) is 17.4 Å². The average Bonchev–Trinajstić information content (AvgIpc) is 2.88. The van der Waals surface area contributed by atoms with Gasteiger partial charge in [-0.2, -0.15) is 0 Å². The molecule has 2 rings (SSSR count). The molecule has 4 nitrogen and oxygen atoms in total. The molecule has 0 bridgehead atoms. The molecule has 0 aliphatic heterocycles. The smallest absolute Gasteiger partial charge is 0.232 e. The number of thiazole rings is 1. The fraction of sp³-hybridized carbons (Fsp3) is 0.733. The highest BCUT2D eigenvalue weighted by atomic mass is 32.1. The van der Waals surface area contributed by atoms with E-state index >= 15 is 0 Å². The molecule has 1 aliphatic rings. The van der Waals surface area contributed by atoms with Crippen molar-refractivity contribution in [3.05, 3.63) is 11.1 Å². The van der Waals surface area contributed by atoms with Crippen LogP contribution in [0.25, 0.3) is 0 Å². The number of hydrogen-bond acceptors (Lipinski definition) is 4. The summed E-state index contributed by atoms with van der Waals surface area (Å²) in [5.41, 5.74) is 0.790. The van der Waals surface area contributed by atoms with E-state index in [2.05, 4.69) is 36.4 Å². The summed E-state index contributed by atoms with van der Waals surface area (Å²) in [6.45, 7) is 7.16. The van der Waals surface area contributed by atoms with E-state index in [0.29, 0.717) is 0 Å². The van der Waals surface area contributed by atoms with Gasteiger partial charge in [-0.15, -0.1) is 11.3 Å². The zero-order valence-corrected chi connectivity index (χ0v) is 13.5. The van der Waals surface area contributed by atoms with Crippen LogP contribution in [0.5, 0.6) is 0 Å². The summed E-state index contributed by atoms with van der Waals surface area (Å²) in [5, 5.41) is 9.08. The number of carbonyl (C=O) groups is 1. The van der Waals surface area contributed by atoms with E-state index in [1.54, 1.807) is 0 Å². The quantitative estimate of drug-likeness (QED) is 0.870. The molecule has 2 N–H and O–H groups in total.